The maximum atomic E-state index is 10.2. The van der Waals surface area contributed by atoms with Crippen LogP contribution in [0.3, 0.4) is 0 Å². The van der Waals surface area contributed by atoms with Crippen LogP contribution in [0.2, 0.25) is 0 Å². The zero-order valence-electron chi connectivity index (χ0n) is 4.43. The number of thiazole rings is 1. The first-order valence-corrected chi connectivity index (χ1v) is 4.54. The van der Waals surface area contributed by atoms with Crippen LogP contribution in [0.15, 0.2) is 8.52 Å². The Morgan fingerprint density at radius 1 is 1.60 bits per heavy atom. The van der Waals surface area contributed by atoms with E-state index >= 15 is 0 Å². The first-order chi connectivity index (χ1) is 4.61. The molecule has 1 heterocycles. The van der Waals surface area contributed by atoms with Crippen molar-refractivity contribution < 1.29 is 9.90 Å². The highest BCUT2D eigenvalue weighted by atomic mass is 79.9. The Morgan fingerprint density at radius 3 is 2.40 bits per heavy atom. The predicted octanol–water partition coefficient (Wildman–Crippen LogP) is 1.03. The second kappa shape index (κ2) is 2.98. The number of halogens is 2. The molecule has 0 fully saturated rings. The van der Waals surface area contributed by atoms with Gasteiger partial charge in [0.05, 0.1) is 10.8 Å². The molecule has 54 valence electrons. The summed E-state index contributed by atoms with van der Waals surface area (Å²) in [5, 5.41) is 10.2. The highest BCUT2D eigenvalue weighted by molar-refractivity contribution is 9.11. The molecule has 0 N–H and O–H groups in total. The molecule has 10 heavy (non-hydrogen) atoms. The predicted molar refractivity (Wildman–Crippen MR) is 41.8 cm³/mol. The third-order valence-electron chi connectivity index (χ3n) is 0.745. The molecule has 0 radical (unpaired) electrons. The average Bonchev–Trinajstić information content (AvgIpc) is 2.10. The fourth-order valence-electron chi connectivity index (χ4n) is 0.403. The van der Waals surface area contributed by atoms with Gasteiger partial charge in [0.25, 0.3) is 0 Å². The van der Waals surface area contributed by atoms with Crippen LogP contribution in [0, 0.1) is 0 Å². The number of aromatic carboxylic acids is 1. The maximum Gasteiger partial charge on any atom is 0.161 e. The summed E-state index contributed by atoms with van der Waals surface area (Å²) < 4.78 is 0.836. The first kappa shape index (κ1) is 8.16. The number of rotatable bonds is 1. The smallest absolute Gasteiger partial charge is 0.161 e. The van der Waals surface area contributed by atoms with E-state index in [9.17, 15) is 9.90 Å². The largest absolute Gasteiger partial charge is 0.544 e. The molecule has 1 rings (SSSR count). The van der Waals surface area contributed by atoms with Crippen molar-refractivity contribution in [2.75, 3.05) is 0 Å². The van der Waals surface area contributed by atoms with E-state index in [0.717, 1.165) is 11.3 Å². The number of hydrogen-bond donors (Lipinski definition) is 0. The summed E-state index contributed by atoms with van der Waals surface area (Å²) in [6.07, 6.45) is 0. The number of carbonyl (C=O) groups excluding carboxylic acids is 1. The normalized spacial score (nSPS) is 9.80. The third-order valence-corrected chi connectivity index (χ3v) is 3.07. The zero-order valence-corrected chi connectivity index (χ0v) is 8.42. The van der Waals surface area contributed by atoms with E-state index in [-0.39, 0.29) is 4.88 Å². The second-order valence-corrected chi connectivity index (χ2v) is 4.40. The van der Waals surface area contributed by atoms with E-state index in [0.29, 0.717) is 8.52 Å². The second-order valence-electron chi connectivity index (χ2n) is 1.37. The molecule has 1 aromatic heterocycles. The van der Waals surface area contributed by atoms with Crippen LogP contribution in [-0.4, -0.2) is 11.0 Å². The molecule has 0 spiro atoms. The number of aromatic nitrogens is 1. The van der Waals surface area contributed by atoms with Gasteiger partial charge in [-0.15, -0.1) is 11.3 Å². The van der Waals surface area contributed by atoms with Crippen molar-refractivity contribution in [3.63, 3.8) is 0 Å². The molecular weight excluding hydrogens is 286 g/mol. The molecular formula is C4Br2NO2S-. The van der Waals surface area contributed by atoms with Gasteiger partial charge in [0.1, 0.15) is 4.60 Å². The van der Waals surface area contributed by atoms with E-state index < -0.39 is 5.97 Å². The lowest BCUT2D eigenvalue weighted by atomic mass is 10.6. The van der Waals surface area contributed by atoms with Gasteiger partial charge in [-0.2, -0.15) is 0 Å². The minimum absolute atomic E-state index is 0.104. The summed E-state index contributed by atoms with van der Waals surface area (Å²) in [4.78, 5) is 14.1. The Bertz CT molecular complexity index is 272. The van der Waals surface area contributed by atoms with Gasteiger partial charge in [-0.05, 0) is 31.9 Å². The minimum atomic E-state index is -1.21. The SMILES string of the molecule is O=C([O-])c1sc(Br)nc1Br. The van der Waals surface area contributed by atoms with Gasteiger partial charge < -0.3 is 9.90 Å². The lowest BCUT2D eigenvalue weighted by Gasteiger charge is -1.93. The fourth-order valence-corrected chi connectivity index (χ4v) is 2.52. The Morgan fingerprint density at radius 2 is 2.20 bits per heavy atom. The number of nitrogens with zero attached hydrogens (tertiary/aromatic N) is 1. The van der Waals surface area contributed by atoms with Crippen molar-refractivity contribution in [3.05, 3.63) is 13.4 Å². The quantitative estimate of drug-likeness (QED) is 0.774. The molecule has 0 aliphatic carbocycles. The van der Waals surface area contributed by atoms with Crippen LogP contribution >= 0.6 is 43.2 Å². The molecule has 6 heteroatoms. The molecule has 3 nitrogen and oxygen atoms in total. The van der Waals surface area contributed by atoms with Crippen molar-refractivity contribution in [2.45, 2.75) is 0 Å². The van der Waals surface area contributed by atoms with E-state index in [1.807, 2.05) is 0 Å². The van der Waals surface area contributed by atoms with Gasteiger partial charge in [0.15, 0.2) is 3.92 Å². The molecule has 0 aliphatic rings. The summed E-state index contributed by atoms with van der Waals surface area (Å²) >= 11 is 7.02. The number of hydrogen-bond acceptors (Lipinski definition) is 4. The highest BCUT2D eigenvalue weighted by Crippen LogP contribution is 2.26. The van der Waals surface area contributed by atoms with Crippen molar-refractivity contribution >= 4 is 49.2 Å². The Kier molecular flexibility index (Phi) is 2.43. The van der Waals surface area contributed by atoms with E-state index in [1.54, 1.807) is 0 Å². The number of carboxylic acid groups (broad SMARTS) is 1. The molecule has 1 aromatic rings. The minimum Gasteiger partial charge on any atom is -0.544 e. The van der Waals surface area contributed by atoms with Gasteiger partial charge in [-0.1, -0.05) is 0 Å². The van der Waals surface area contributed by atoms with Gasteiger partial charge in [0.2, 0.25) is 0 Å². The van der Waals surface area contributed by atoms with Crippen molar-refractivity contribution in [2.24, 2.45) is 0 Å². The van der Waals surface area contributed by atoms with E-state index in [4.69, 9.17) is 0 Å². The van der Waals surface area contributed by atoms with Crippen molar-refractivity contribution in [1.29, 1.82) is 0 Å². The Hall–Kier alpha value is 0.0600. The fraction of sp³-hybridized carbons (Fsp3) is 0. The standard InChI is InChI=1S/C4HBr2NO2S/c5-2-1(3(8)9)10-4(6)7-2/h(H,8,9)/p-1. The number of carbonyl (C=O) groups is 1. The molecule has 0 aromatic carbocycles. The van der Waals surface area contributed by atoms with Crippen molar-refractivity contribution in [1.82, 2.24) is 4.98 Å². The first-order valence-electron chi connectivity index (χ1n) is 2.14. The zero-order chi connectivity index (χ0) is 7.72. The molecule has 0 saturated carbocycles. The van der Waals surface area contributed by atoms with Crippen LogP contribution in [0.1, 0.15) is 9.67 Å². The highest BCUT2D eigenvalue weighted by Gasteiger charge is 2.06. The topological polar surface area (TPSA) is 53.0 Å². The van der Waals surface area contributed by atoms with Gasteiger partial charge in [0, 0.05) is 0 Å². The third kappa shape index (κ3) is 1.56. The summed E-state index contributed by atoms with van der Waals surface area (Å²) in [5.74, 6) is -1.21. The average molecular weight is 286 g/mol. The van der Waals surface area contributed by atoms with Gasteiger partial charge >= 0.3 is 0 Å². The maximum absolute atomic E-state index is 10.2. The van der Waals surface area contributed by atoms with Crippen LogP contribution < -0.4 is 5.11 Å². The lowest BCUT2D eigenvalue weighted by Crippen LogP contribution is -2.21. The van der Waals surface area contributed by atoms with E-state index in [2.05, 4.69) is 36.8 Å². The molecule has 0 bridgehead atoms. The number of carboxylic acids is 1. The van der Waals surface area contributed by atoms with Crippen LogP contribution in [-0.2, 0) is 0 Å². The summed E-state index contributed by atoms with van der Waals surface area (Å²) in [5.41, 5.74) is 0. The molecule has 0 atom stereocenters. The van der Waals surface area contributed by atoms with Gasteiger partial charge in [-0.25, -0.2) is 4.98 Å². The summed E-state index contributed by atoms with van der Waals surface area (Å²) in [7, 11) is 0. The van der Waals surface area contributed by atoms with Crippen LogP contribution in [0.4, 0.5) is 0 Å². The van der Waals surface area contributed by atoms with Crippen LogP contribution in [0.5, 0.6) is 0 Å². The summed E-state index contributed by atoms with van der Waals surface area (Å²) in [6, 6.07) is 0. The Labute approximate surface area is 77.3 Å². The molecule has 0 amide bonds. The van der Waals surface area contributed by atoms with Gasteiger partial charge in [-0.3, -0.25) is 0 Å². The monoisotopic (exact) mass is 284 g/mol. The van der Waals surface area contributed by atoms with E-state index in [1.165, 1.54) is 0 Å². The lowest BCUT2D eigenvalue weighted by molar-refractivity contribution is -0.254. The Balaban J connectivity index is 3.15. The molecule has 0 aliphatic heterocycles. The molecule has 0 unspecified atom stereocenters. The van der Waals surface area contributed by atoms with Crippen LogP contribution in [0.25, 0.3) is 0 Å². The summed E-state index contributed by atoms with van der Waals surface area (Å²) in [6.45, 7) is 0. The molecule has 0 saturated heterocycles. The van der Waals surface area contributed by atoms with Crippen molar-refractivity contribution in [3.8, 4) is 0 Å².